The number of aryl methyl sites for hydroxylation is 2. The first kappa shape index (κ1) is 23.2. The summed E-state index contributed by atoms with van der Waals surface area (Å²) >= 11 is 12.6. The Kier molecular flexibility index (Phi) is 6.40. The molecule has 1 fully saturated rings. The SMILES string of the molecule is CCc1ncnc(CC)c1-n1c(=O)nc(N2CCN(C(=O)O)CC2C)c2cc(Cl)c(Cl)nc21. The number of halogens is 2. The lowest BCUT2D eigenvalue weighted by Gasteiger charge is -2.39. The van der Waals surface area contributed by atoms with Crippen LogP contribution >= 0.6 is 23.2 Å². The Bertz CT molecular complexity index is 1270. The summed E-state index contributed by atoms with van der Waals surface area (Å²) in [7, 11) is 0. The van der Waals surface area contributed by atoms with Crippen LogP contribution < -0.4 is 10.6 Å². The summed E-state index contributed by atoms with van der Waals surface area (Å²) in [6.07, 6.45) is 1.66. The zero-order valence-corrected chi connectivity index (χ0v) is 19.9. The summed E-state index contributed by atoms with van der Waals surface area (Å²) in [5, 5.41) is 10.2. The molecule has 174 valence electrons. The standard InChI is InChI=1S/C21H23Cl2N7O3/c1-4-14-16(15(5-2)25-10-24-14)30-19-12(8-13(22)17(23)26-19)18(27-20(30)31)29-7-6-28(21(32)33)9-11(29)3/h8,10-11H,4-7,9H2,1-3H3,(H,32,33). The van der Waals surface area contributed by atoms with Gasteiger partial charge in [-0.25, -0.2) is 29.1 Å². The predicted octanol–water partition coefficient (Wildman–Crippen LogP) is 3.19. The van der Waals surface area contributed by atoms with Gasteiger partial charge in [0.1, 0.15) is 17.3 Å². The van der Waals surface area contributed by atoms with Gasteiger partial charge >= 0.3 is 11.8 Å². The number of hydrogen-bond donors (Lipinski definition) is 1. The average Bonchev–Trinajstić information content (AvgIpc) is 2.79. The van der Waals surface area contributed by atoms with Crippen LogP contribution in [0.2, 0.25) is 10.2 Å². The Morgan fingerprint density at radius 3 is 2.39 bits per heavy atom. The average molecular weight is 492 g/mol. The van der Waals surface area contributed by atoms with E-state index in [1.165, 1.54) is 15.8 Å². The number of aromatic nitrogens is 5. The van der Waals surface area contributed by atoms with Gasteiger partial charge < -0.3 is 14.9 Å². The zero-order valence-electron chi connectivity index (χ0n) is 18.4. The maximum atomic E-state index is 13.5. The van der Waals surface area contributed by atoms with Crippen LogP contribution in [-0.4, -0.2) is 66.3 Å². The van der Waals surface area contributed by atoms with Crippen LogP contribution in [0, 0.1) is 0 Å². The Morgan fingerprint density at radius 2 is 1.82 bits per heavy atom. The third kappa shape index (κ3) is 4.08. The minimum Gasteiger partial charge on any atom is -0.465 e. The van der Waals surface area contributed by atoms with Crippen molar-refractivity contribution in [3.8, 4) is 5.69 Å². The van der Waals surface area contributed by atoms with Crippen LogP contribution in [0.4, 0.5) is 10.6 Å². The molecular formula is C21H23Cl2N7O3. The highest BCUT2D eigenvalue weighted by atomic mass is 35.5. The molecule has 0 aromatic carbocycles. The second-order valence-corrected chi connectivity index (χ2v) is 8.54. The Morgan fingerprint density at radius 1 is 1.15 bits per heavy atom. The highest BCUT2D eigenvalue weighted by Gasteiger charge is 2.30. The molecule has 0 bridgehead atoms. The maximum absolute atomic E-state index is 13.5. The molecule has 4 rings (SSSR count). The van der Waals surface area contributed by atoms with Crippen molar-refractivity contribution in [3.05, 3.63) is 44.4 Å². The number of hydrogen-bond acceptors (Lipinski definition) is 7. The van der Waals surface area contributed by atoms with E-state index in [4.69, 9.17) is 23.2 Å². The van der Waals surface area contributed by atoms with Crippen LogP contribution in [-0.2, 0) is 12.8 Å². The van der Waals surface area contributed by atoms with E-state index < -0.39 is 11.8 Å². The second kappa shape index (κ2) is 9.11. The van der Waals surface area contributed by atoms with Gasteiger partial charge in [-0.05, 0) is 25.8 Å². The summed E-state index contributed by atoms with van der Waals surface area (Å²) in [5.41, 5.74) is 1.68. The van der Waals surface area contributed by atoms with E-state index in [0.717, 1.165) is 0 Å². The van der Waals surface area contributed by atoms with Crippen molar-refractivity contribution in [2.75, 3.05) is 24.5 Å². The summed E-state index contributed by atoms with van der Waals surface area (Å²) < 4.78 is 1.40. The molecule has 1 amide bonds. The van der Waals surface area contributed by atoms with Crippen LogP contribution in [0.15, 0.2) is 17.2 Å². The van der Waals surface area contributed by atoms with Crippen LogP contribution in [0.25, 0.3) is 16.7 Å². The van der Waals surface area contributed by atoms with Crippen LogP contribution in [0.1, 0.15) is 32.2 Å². The van der Waals surface area contributed by atoms with Gasteiger partial charge in [0.25, 0.3) is 0 Å². The number of anilines is 1. The Labute approximate surface area is 199 Å². The van der Waals surface area contributed by atoms with E-state index >= 15 is 0 Å². The van der Waals surface area contributed by atoms with Crippen molar-refractivity contribution in [3.63, 3.8) is 0 Å². The molecule has 0 saturated carbocycles. The molecule has 0 spiro atoms. The summed E-state index contributed by atoms with van der Waals surface area (Å²) in [5.74, 6) is 0.391. The van der Waals surface area contributed by atoms with E-state index in [2.05, 4.69) is 19.9 Å². The van der Waals surface area contributed by atoms with Gasteiger partial charge in [0.05, 0.1) is 27.5 Å². The number of amides is 1. The molecule has 10 nitrogen and oxygen atoms in total. The zero-order chi connectivity index (χ0) is 23.9. The minimum atomic E-state index is -0.977. The van der Waals surface area contributed by atoms with Gasteiger partial charge in [-0.15, -0.1) is 0 Å². The van der Waals surface area contributed by atoms with Crippen molar-refractivity contribution >= 4 is 46.1 Å². The summed E-state index contributed by atoms with van der Waals surface area (Å²) in [6, 6.07) is 1.43. The van der Waals surface area contributed by atoms with Gasteiger partial charge in [0.2, 0.25) is 0 Å². The first-order valence-electron chi connectivity index (χ1n) is 10.6. The number of nitrogens with zero attached hydrogens (tertiary/aromatic N) is 7. The van der Waals surface area contributed by atoms with Crippen LogP contribution in [0.3, 0.4) is 0 Å². The molecule has 33 heavy (non-hydrogen) atoms. The molecule has 1 N–H and O–H groups in total. The first-order chi connectivity index (χ1) is 15.8. The molecule has 3 aromatic heterocycles. The van der Waals surface area contributed by atoms with Gasteiger partial charge in [0, 0.05) is 25.7 Å². The molecule has 0 radical (unpaired) electrons. The topological polar surface area (TPSA) is 117 Å². The molecular weight excluding hydrogens is 469 g/mol. The predicted molar refractivity (Wildman–Crippen MR) is 126 cm³/mol. The molecule has 12 heteroatoms. The molecule has 1 saturated heterocycles. The van der Waals surface area contributed by atoms with E-state index in [9.17, 15) is 14.7 Å². The van der Waals surface area contributed by atoms with E-state index in [-0.39, 0.29) is 29.3 Å². The fourth-order valence-corrected chi connectivity index (χ4v) is 4.47. The normalized spacial score (nSPS) is 16.5. The molecule has 1 aliphatic rings. The van der Waals surface area contributed by atoms with Crippen LogP contribution in [0.5, 0.6) is 0 Å². The molecule has 3 aromatic rings. The van der Waals surface area contributed by atoms with E-state index in [0.29, 0.717) is 53.3 Å². The van der Waals surface area contributed by atoms with Crippen molar-refractivity contribution in [1.29, 1.82) is 0 Å². The second-order valence-electron chi connectivity index (χ2n) is 7.78. The first-order valence-corrected chi connectivity index (χ1v) is 11.4. The van der Waals surface area contributed by atoms with Gasteiger partial charge in [-0.2, -0.15) is 4.98 Å². The number of piperazine rings is 1. The van der Waals surface area contributed by atoms with Crippen molar-refractivity contribution < 1.29 is 9.90 Å². The van der Waals surface area contributed by atoms with Crippen molar-refractivity contribution in [2.24, 2.45) is 0 Å². The molecule has 1 aliphatic heterocycles. The van der Waals surface area contributed by atoms with E-state index in [1.54, 1.807) is 6.07 Å². The lowest BCUT2D eigenvalue weighted by atomic mass is 10.1. The number of fused-ring (bicyclic) bond motifs is 1. The summed E-state index contributed by atoms with van der Waals surface area (Å²) in [6.45, 7) is 6.71. The molecule has 4 heterocycles. The fourth-order valence-electron chi connectivity index (χ4n) is 4.18. The summed E-state index contributed by atoms with van der Waals surface area (Å²) in [4.78, 5) is 45.7. The number of carbonyl (C=O) groups is 1. The largest absolute Gasteiger partial charge is 0.465 e. The van der Waals surface area contributed by atoms with Crippen molar-refractivity contribution in [1.82, 2.24) is 29.4 Å². The highest BCUT2D eigenvalue weighted by molar-refractivity contribution is 6.41. The third-order valence-corrected chi connectivity index (χ3v) is 6.47. The van der Waals surface area contributed by atoms with Gasteiger partial charge in [0.15, 0.2) is 5.65 Å². The van der Waals surface area contributed by atoms with Gasteiger partial charge in [-0.3, -0.25) is 0 Å². The molecule has 1 unspecified atom stereocenters. The Hall–Kier alpha value is -2.98. The minimum absolute atomic E-state index is 0.0613. The highest BCUT2D eigenvalue weighted by Crippen LogP contribution is 2.32. The number of pyridine rings is 1. The third-order valence-electron chi connectivity index (χ3n) is 5.80. The van der Waals surface area contributed by atoms with Crippen molar-refractivity contribution in [2.45, 2.75) is 39.7 Å². The van der Waals surface area contributed by atoms with E-state index in [1.807, 2.05) is 25.7 Å². The molecule has 1 atom stereocenters. The monoisotopic (exact) mass is 491 g/mol. The lowest BCUT2D eigenvalue weighted by Crippen LogP contribution is -2.54. The lowest BCUT2D eigenvalue weighted by molar-refractivity contribution is 0.136. The number of rotatable bonds is 4. The molecule has 0 aliphatic carbocycles. The quantitative estimate of drug-likeness (QED) is 0.552. The smallest absolute Gasteiger partial charge is 0.407 e. The Balaban J connectivity index is 1.99. The number of carboxylic acid groups (broad SMARTS) is 1. The van der Waals surface area contributed by atoms with Gasteiger partial charge in [-0.1, -0.05) is 37.0 Å². The maximum Gasteiger partial charge on any atom is 0.407 e. The fraction of sp³-hybridized carbons (Fsp3) is 0.429.